The summed E-state index contributed by atoms with van der Waals surface area (Å²) in [5.41, 5.74) is 16.6. The number of benzene rings is 8. The summed E-state index contributed by atoms with van der Waals surface area (Å²) in [6.07, 6.45) is 32.0. The first-order valence-electron chi connectivity index (χ1n) is 51.1. The first kappa shape index (κ1) is 115. The summed E-state index contributed by atoms with van der Waals surface area (Å²) in [6, 6.07) is 61.1. The number of aryl methyl sites for hydroxylation is 3. The predicted molar refractivity (Wildman–Crippen MR) is 588 cm³/mol. The second kappa shape index (κ2) is 53.3. The van der Waals surface area contributed by atoms with E-state index in [0.717, 1.165) is 257 Å². The molecule has 4 atom stereocenters. The van der Waals surface area contributed by atoms with Gasteiger partial charge in [0.25, 0.3) is 0 Å². The third-order valence-corrected chi connectivity index (χ3v) is 30.1. The number of para-hydroxylation sites is 4. The van der Waals surface area contributed by atoms with Gasteiger partial charge in [-0.15, -0.1) is 0 Å². The molecule has 29 heteroatoms. The first-order valence-corrected chi connectivity index (χ1v) is 53.4. The lowest BCUT2D eigenvalue weighted by atomic mass is 9.96. The van der Waals surface area contributed by atoms with Gasteiger partial charge in [-0.2, -0.15) is 0 Å². The van der Waals surface area contributed by atoms with Gasteiger partial charge < -0.3 is 78.5 Å². The second-order valence-corrected chi connectivity index (χ2v) is 42.0. The van der Waals surface area contributed by atoms with Crippen LogP contribution in [0.15, 0.2) is 238 Å². The Balaban J connectivity index is 0.000000164. The number of carbonyl (C=O) groups is 3. The number of aromatic nitrogens is 4. The monoisotopic (exact) mass is 2160 g/mol. The first-order chi connectivity index (χ1) is 71.3. The van der Waals surface area contributed by atoms with Crippen LogP contribution >= 0.6 is 69.6 Å². The van der Waals surface area contributed by atoms with Crippen LogP contribution in [-0.2, 0) is 101 Å². The number of rotatable bonds is 48. The van der Waals surface area contributed by atoms with Crippen molar-refractivity contribution in [3.8, 4) is 67.5 Å². The summed E-state index contributed by atoms with van der Waals surface area (Å²) in [7, 11) is 1.41. The zero-order valence-electron chi connectivity index (χ0n) is 82.3. The molecule has 8 aliphatic rings. The van der Waals surface area contributed by atoms with Crippen molar-refractivity contribution in [2.24, 2.45) is 0 Å². The van der Waals surface area contributed by atoms with E-state index >= 15 is 0 Å². The Morgan fingerprint density at radius 1 is 0.373 bits per heavy atom. The lowest BCUT2D eigenvalue weighted by molar-refractivity contribution is -0.141. The molecule has 796 valence electrons. The van der Waals surface area contributed by atoms with Crippen LogP contribution in [0, 0.1) is 0 Å². The third kappa shape index (κ3) is 30.7. The molecule has 23 nitrogen and oxygen atoms in total. The van der Waals surface area contributed by atoms with E-state index in [1.54, 1.807) is 18.6 Å². The van der Waals surface area contributed by atoms with Crippen molar-refractivity contribution < 1.29 is 88.0 Å². The Morgan fingerprint density at radius 3 is 0.993 bits per heavy atom. The van der Waals surface area contributed by atoms with Gasteiger partial charge in [0, 0.05) is 157 Å². The normalized spacial score (nSPS) is 16.5. The highest BCUT2D eigenvalue weighted by atomic mass is 35.5. The lowest BCUT2D eigenvalue weighted by Crippen LogP contribution is -2.50. The van der Waals surface area contributed by atoms with Crippen molar-refractivity contribution in [3.05, 3.63) is 329 Å². The van der Waals surface area contributed by atoms with Gasteiger partial charge >= 0.3 is 11.9 Å². The SMILES string of the molecule is C.C.C.COC(=O)CCCCc1cc(Cl)c(COC2(c3cnccc3-c3ccccc3OC3CC3)CC2)cc1Cl.O=C(CCCCc1cc(Cl)c(COC2(c3cnccc3-c3ccccc3OC3CC3)CC2)cc1Cl)N(Cc1ccccc1)C[C@@H](O)[C@H](O)[C@H](O)[C@H](O)CO.O=C(O)CCCCc1cc(Cl)c(COC2(c3cnccc3-c3ccccc3OC3CC3)CC2)cc1Cl.OC1(c2cnccc2-c2ccccc2OC2CC2)CC1. The summed E-state index contributed by atoms with van der Waals surface area (Å²) in [5.74, 6) is 2.36. The van der Waals surface area contributed by atoms with E-state index in [9.17, 15) is 39.9 Å². The molecule has 150 heavy (non-hydrogen) atoms. The Bertz CT molecular complexity index is 6530. The van der Waals surface area contributed by atoms with Crippen LogP contribution in [-0.4, -0.2) is 148 Å². The van der Waals surface area contributed by atoms with E-state index in [1.165, 1.54) is 12.0 Å². The number of esters is 1. The van der Waals surface area contributed by atoms with Gasteiger partial charge in [0.05, 0.1) is 80.4 Å². The number of pyridine rings is 4. The summed E-state index contributed by atoms with van der Waals surface area (Å²) in [4.78, 5) is 54.3. The predicted octanol–water partition coefficient (Wildman–Crippen LogP) is 26.4. The molecule has 0 radical (unpaired) electrons. The number of aliphatic hydroxyl groups is 6. The molecule has 1 amide bonds. The number of carboxylic acid groups (broad SMARTS) is 1. The number of halogens is 6. The average molecular weight is 2160 g/mol. The lowest BCUT2D eigenvalue weighted by Gasteiger charge is -2.30. The molecule has 8 aliphatic carbocycles. The molecule has 8 saturated carbocycles. The molecule has 8 aromatic carbocycles. The van der Waals surface area contributed by atoms with Gasteiger partial charge in [-0.3, -0.25) is 34.3 Å². The molecule has 8 fully saturated rings. The molecule has 4 heterocycles. The van der Waals surface area contributed by atoms with Crippen molar-refractivity contribution in [2.45, 2.75) is 300 Å². The van der Waals surface area contributed by atoms with E-state index in [-0.39, 0.29) is 72.8 Å². The van der Waals surface area contributed by atoms with Crippen LogP contribution in [0.3, 0.4) is 0 Å². The Morgan fingerprint density at radius 2 is 0.673 bits per heavy atom. The number of unbranched alkanes of at least 4 members (excludes halogenated alkanes) is 3. The molecule has 0 spiro atoms. The quantitative estimate of drug-likeness (QED) is 0.0138. The largest absolute Gasteiger partial charge is 0.490 e. The smallest absolute Gasteiger partial charge is 0.305 e. The fourth-order valence-electron chi connectivity index (χ4n) is 18.2. The maximum atomic E-state index is 13.4. The highest BCUT2D eigenvalue weighted by Crippen LogP contribution is 2.58. The third-order valence-electron chi connectivity index (χ3n) is 28.0. The molecule has 4 aromatic heterocycles. The molecular weight excluding hydrogens is 2020 g/mol. The second-order valence-electron chi connectivity index (χ2n) is 39.6. The Labute approximate surface area is 910 Å². The van der Waals surface area contributed by atoms with E-state index in [0.29, 0.717) is 100 Å². The Kier molecular flexibility index (Phi) is 40.8. The van der Waals surface area contributed by atoms with Crippen LogP contribution in [0.2, 0.25) is 30.1 Å². The number of hydrogen-bond donors (Lipinski definition) is 7. The summed E-state index contributed by atoms with van der Waals surface area (Å²) < 4.78 is 49.0. The van der Waals surface area contributed by atoms with Gasteiger partial charge in [0.1, 0.15) is 47.4 Å². The van der Waals surface area contributed by atoms with Crippen LogP contribution in [0.4, 0.5) is 0 Å². The minimum atomic E-state index is -1.78. The highest BCUT2D eigenvalue weighted by Gasteiger charge is 2.51. The van der Waals surface area contributed by atoms with Crippen molar-refractivity contribution in [1.82, 2.24) is 24.8 Å². The number of ether oxygens (including phenoxy) is 8. The fraction of sp³-hybridized carbons (Fsp3) is 0.413. The summed E-state index contributed by atoms with van der Waals surface area (Å²) in [5, 5.41) is 72.8. The van der Waals surface area contributed by atoms with Crippen molar-refractivity contribution in [3.63, 3.8) is 0 Å². The summed E-state index contributed by atoms with van der Waals surface area (Å²) >= 11 is 39.9. The molecule has 0 unspecified atom stereocenters. The standard InChI is InChI=1S/C42H48Cl2N2O8.C30H31Cl2NO4.C29H29Cl2NO4.C17H17NO2.3CH4/c43-34-21-29(26-53-42(17-18-42)33-22-45-19-16-31(33)32-11-5-6-12-38(32)54-30-14-15-30)35(44)20-28(34)10-4-7-13-39(50)46(23-27-8-2-1-3-9-27)24-36(48)40(51)41(52)37(49)25-47;1-35-29(34)9-5-2-6-20-16-27(32)21(17-26(20)31)19-36-30(13-14-30)25-18-33-15-12-23(25)24-7-3-4-8-28(24)37-22-10-11-22;30-25-16-20(26(31)15-19(25)5-1-4-8-28(33)34)18-35-29(12-13-29)24-17-32-14-11-22(24)23-6-2-3-7-27(23)36-21-9-10-21;19-17(8-9-17)15-11-18-10-7-13(15)14-3-1-2-4-16(14)20-12-5-6-12;;;/h1-3,5-6,8-9,11-12,16,19-22,30,36-37,40-41,47-49,51-52H,4,7,10,13-15,17-18,23-26H2;3-4,7-8,12,15-18,22H,2,5-6,9-11,13-14,19H2,1H3;2-3,6-7,11,14-17,21H,1,4-5,8-10,12-13,18H2,(H,33,34);1-4,7,10-12,19H,5-6,8-9H2;3*1H4/t36-,37-,40+,41-;;;;;;/m1....../s1. The number of hydrogen-bond acceptors (Lipinski definition) is 21. The number of aliphatic hydroxyl groups excluding tert-OH is 5. The van der Waals surface area contributed by atoms with Crippen LogP contribution in [0.5, 0.6) is 23.0 Å². The average Bonchev–Trinajstić information content (AvgIpc) is 1.60. The highest BCUT2D eigenvalue weighted by molar-refractivity contribution is 6.35. The number of nitrogens with zero attached hydrogens (tertiary/aromatic N) is 5. The Hall–Kier alpha value is -10.7. The van der Waals surface area contributed by atoms with E-state index in [4.69, 9.17) is 118 Å². The van der Waals surface area contributed by atoms with Gasteiger partial charge in [-0.1, -0.05) is 195 Å². The molecule has 20 rings (SSSR count). The van der Waals surface area contributed by atoms with Crippen LogP contribution < -0.4 is 18.9 Å². The maximum Gasteiger partial charge on any atom is 0.305 e. The van der Waals surface area contributed by atoms with Gasteiger partial charge in [-0.25, -0.2) is 0 Å². The van der Waals surface area contributed by atoms with E-state index < -0.39 is 59.4 Å². The number of methoxy groups -OCH3 is 1. The van der Waals surface area contributed by atoms with Crippen LogP contribution in [0.25, 0.3) is 44.5 Å². The number of carboxylic acids is 1. The maximum absolute atomic E-state index is 13.4. The van der Waals surface area contributed by atoms with Gasteiger partial charge in [0.2, 0.25) is 5.91 Å². The number of aliphatic carboxylic acids is 1. The van der Waals surface area contributed by atoms with E-state index in [2.05, 4.69) is 44.2 Å². The number of amides is 1. The molecule has 0 aliphatic heterocycles. The van der Waals surface area contributed by atoms with E-state index in [1.807, 2.05) is 195 Å². The minimum Gasteiger partial charge on any atom is -0.490 e. The number of carbonyl (C=O) groups excluding carboxylic acids is 2. The minimum absolute atomic E-state index is 0. The van der Waals surface area contributed by atoms with Gasteiger partial charge in [0.15, 0.2) is 0 Å². The zero-order chi connectivity index (χ0) is 103. The van der Waals surface area contributed by atoms with Gasteiger partial charge in [-0.05, 0) is 307 Å². The van der Waals surface area contributed by atoms with Crippen molar-refractivity contribution in [2.75, 3.05) is 20.3 Å². The molecule has 12 aromatic rings. The van der Waals surface area contributed by atoms with Crippen LogP contribution in [0.1, 0.15) is 244 Å². The van der Waals surface area contributed by atoms with Crippen molar-refractivity contribution in [1.29, 1.82) is 0 Å². The molecule has 7 N–H and O–H groups in total. The zero-order valence-corrected chi connectivity index (χ0v) is 86.8. The molecule has 0 bridgehead atoms. The molecule has 0 saturated heterocycles. The summed E-state index contributed by atoms with van der Waals surface area (Å²) in [6.45, 7) is 0.0839. The topological polar surface area (TPSA) is 321 Å². The van der Waals surface area contributed by atoms with Crippen molar-refractivity contribution >= 4 is 87.5 Å². The fourth-order valence-corrected chi connectivity index (χ4v) is 19.8. The molecular formula is C121H137Cl6N5O18.